The van der Waals surface area contributed by atoms with E-state index in [9.17, 15) is 26.3 Å². The SMILES string of the molecule is ClCCl.ClCCl.FC(F)(F)c1cc(-c2ccccn2)[n-]n1.FC(F)(F)c1cc(-c2ccccn2)n[n-]1.O.[H-].[H-].[Ir+3].[Ir+3].[c-]1ccccc1CP(c1ccccc1)c1ccccc1.[c-]1ccccc1CP(c1ccccc1)c1ccccc1.c1ccc(CP(c2ccccc2)c2ccccc2)cc1.c1ccc(CP(c2ccccc2)c2ccccc2)cc1. The van der Waals surface area contributed by atoms with Crippen LogP contribution < -0.4 is 52.6 Å². The monoisotopic (exact) mass is 2100 g/mol. The van der Waals surface area contributed by atoms with Crippen LogP contribution in [0.2, 0.25) is 0 Å². The summed E-state index contributed by atoms with van der Waals surface area (Å²) < 4.78 is 73.2. The van der Waals surface area contributed by atoms with E-state index in [1.54, 1.807) is 36.4 Å². The van der Waals surface area contributed by atoms with Crippen LogP contribution in [0.4, 0.5) is 26.3 Å². The molecule has 0 atom stereocenters. The first kappa shape index (κ1) is 98.9. The number of pyridine rings is 2. The molecule has 4 aromatic heterocycles. The van der Waals surface area contributed by atoms with Gasteiger partial charge in [0, 0.05) is 30.4 Å². The molecule has 4 heterocycles. The summed E-state index contributed by atoms with van der Waals surface area (Å²) in [7, 11) is -1.37. The van der Waals surface area contributed by atoms with Gasteiger partial charge >= 0.3 is 52.6 Å². The molecule has 0 spiro atoms. The number of halogens is 10. The molecule has 0 saturated carbocycles. The van der Waals surface area contributed by atoms with Crippen LogP contribution in [0, 0.1) is 12.1 Å². The van der Waals surface area contributed by atoms with E-state index in [0.29, 0.717) is 11.4 Å². The Bertz CT molecular complexity index is 4510. The number of hydrogen-bond acceptors (Lipinski definition) is 4. The van der Waals surface area contributed by atoms with Gasteiger partial charge < -0.3 is 28.7 Å². The normalized spacial score (nSPS) is 10.4. The Kier molecular flexibility index (Phi) is 46.4. The molecule has 7 nitrogen and oxygen atoms in total. The van der Waals surface area contributed by atoms with Crippen molar-refractivity contribution in [2.45, 2.75) is 37.0 Å². The minimum Gasteiger partial charge on any atom is -1.00 e. The van der Waals surface area contributed by atoms with Crippen molar-refractivity contribution in [3.8, 4) is 22.8 Å². The summed E-state index contributed by atoms with van der Waals surface area (Å²) in [6.07, 6.45) is -1.66. The summed E-state index contributed by atoms with van der Waals surface area (Å²) in [5.74, 6) is 0. The maximum Gasteiger partial charge on any atom is 3.00 e. The van der Waals surface area contributed by atoms with Crippen molar-refractivity contribution in [1.29, 1.82) is 0 Å². The van der Waals surface area contributed by atoms with Gasteiger partial charge in [0.05, 0.1) is 22.1 Å². The molecule has 0 aliphatic heterocycles. The van der Waals surface area contributed by atoms with E-state index in [2.05, 4.69) is 370 Å². The first-order valence-corrected chi connectivity index (χ1v) is 44.7. The number of hydrogen-bond donors (Lipinski definition) is 0. The van der Waals surface area contributed by atoms with E-state index in [1.165, 1.54) is 77.1 Å². The van der Waals surface area contributed by atoms with Crippen LogP contribution in [0.5, 0.6) is 0 Å². The molecule has 16 aromatic rings. The van der Waals surface area contributed by atoms with Gasteiger partial charge in [0.2, 0.25) is 0 Å². The number of rotatable bonds is 18. The maximum absolute atomic E-state index is 12.2. The Labute approximate surface area is 748 Å². The van der Waals surface area contributed by atoms with Gasteiger partial charge in [-0.15, -0.1) is 46.4 Å². The fourth-order valence-corrected chi connectivity index (χ4v) is 20.4. The first-order valence-electron chi connectivity index (χ1n) is 36.4. The summed E-state index contributed by atoms with van der Waals surface area (Å²) in [6, 6.07) is 143. The van der Waals surface area contributed by atoms with Crippen molar-refractivity contribution in [3.63, 3.8) is 0 Å². The van der Waals surface area contributed by atoms with Crippen molar-refractivity contribution in [2.75, 3.05) is 10.7 Å². The van der Waals surface area contributed by atoms with Crippen LogP contribution in [0.15, 0.2) is 413 Å². The molecule has 0 bridgehead atoms. The summed E-state index contributed by atoms with van der Waals surface area (Å²) in [5, 5.41) is 24.8. The van der Waals surface area contributed by atoms with E-state index in [0.717, 1.165) is 36.8 Å². The van der Waals surface area contributed by atoms with Crippen molar-refractivity contribution in [1.82, 2.24) is 30.4 Å². The molecule has 0 amide bonds. The molecule has 0 aliphatic carbocycles. The van der Waals surface area contributed by atoms with Crippen molar-refractivity contribution in [3.05, 3.63) is 459 Å². The van der Waals surface area contributed by atoms with Gasteiger partial charge in [0.25, 0.3) is 0 Å². The Morgan fingerprint density at radius 3 is 0.807 bits per heavy atom. The zero-order valence-corrected chi connectivity index (χ0v) is 75.3. The second-order valence-corrected chi connectivity index (χ2v) is 35.1. The predicted molar refractivity (Wildman–Crippen MR) is 485 cm³/mol. The van der Waals surface area contributed by atoms with E-state index in [1.807, 2.05) is 24.3 Å². The number of alkyl halides is 10. The molecule has 0 saturated heterocycles. The molecule has 2 N–H and O–H groups in total. The molecule has 0 aliphatic rings. The van der Waals surface area contributed by atoms with Crippen LogP contribution in [0.1, 0.15) is 36.5 Å². The number of nitrogens with zero attached hydrogens (tertiary/aromatic N) is 6. The largest absolute Gasteiger partial charge is 3.00 e. The van der Waals surface area contributed by atoms with Crippen LogP contribution in [-0.2, 0) is 77.2 Å². The van der Waals surface area contributed by atoms with Crippen LogP contribution >= 0.6 is 78.1 Å². The zero-order chi connectivity index (χ0) is 81.7. The summed E-state index contributed by atoms with van der Waals surface area (Å²) >= 11 is 19.1. The molecule has 16 rings (SSSR count). The zero-order valence-electron chi connectivity index (χ0n) is 65.9. The molecule has 612 valence electrons. The molecule has 12 aromatic carbocycles. The van der Waals surface area contributed by atoms with Crippen LogP contribution in [-0.4, -0.2) is 36.3 Å². The minimum absolute atomic E-state index is 0. The molecule has 23 heteroatoms. The van der Waals surface area contributed by atoms with Gasteiger partial charge in [0.15, 0.2) is 0 Å². The standard InChI is InChI=1S/2C19H17P.2C19H16P.2C9H5F3N3.2CH2Cl2.2Ir.H2O.2H/c4*1-4-10-17(11-5-1)16-20(18-12-6-2-7-13-18)19-14-8-3-9-15-19;2*10-9(11,12)8-5-7(14-15-8)6-3-1-2-4-13-6;2*2-1-3;;;;;/h2*1-15H,16H2;2*1-10,12-15H,16H2;2*1-5H;2*1H2;;;1H2;;/q;;4*-1;;;2*+3;;2*-1. The Hall–Kier alpha value is -8.92. The molecule has 119 heavy (non-hydrogen) atoms. The van der Waals surface area contributed by atoms with Gasteiger partial charge in [-0.25, -0.2) is 0 Å². The van der Waals surface area contributed by atoms with E-state index in [-0.39, 0.29) is 102 Å². The molecular weight excluding hydrogens is 2020 g/mol. The van der Waals surface area contributed by atoms with Crippen LogP contribution in [0.25, 0.3) is 22.8 Å². The average Bonchev–Trinajstić information content (AvgIpc) is 1.00. The Balaban J connectivity index is 0.000000299. The third kappa shape index (κ3) is 35.0. The van der Waals surface area contributed by atoms with Crippen molar-refractivity contribution < 1.29 is 74.9 Å². The van der Waals surface area contributed by atoms with Crippen molar-refractivity contribution >= 4 is 121 Å². The Morgan fingerprint density at radius 2 is 0.563 bits per heavy atom. The predicted octanol–water partition coefficient (Wildman–Crippen LogP) is 23.4. The molecule has 0 radical (unpaired) electrons. The quantitative estimate of drug-likeness (QED) is 0.0366. The second-order valence-electron chi connectivity index (χ2n) is 24.6. The van der Waals surface area contributed by atoms with Crippen LogP contribution in [0.3, 0.4) is 0 Å². The minimum atomic E-state index is -4.46. The Morgan fingerprint density at radius 1 is 0.294 bits per heavy atom. The first-order chi connectivity index (χ1) is 56.7. The van der Waals surface area contributed by atoms with Gasteiger partial charge in [-0.1, -0.05) is 321 Å². The fourth-order valence-electron chi connectivity index (χ4n) is 11.3. The average molecular weight is 2100 g/mol. The van der Waals surface area contributed by atoms with E-state index < -0.39 is 23.7 Å². The smallest absolute Gasteiger partial charge is 1.00 e. The number of aromatic nitrogens is 6. The topological polar surface area (TPSA) is 111 Å². The third-order valence-electron chi connectivity index (χ3n) is 16.6. The van der Waals surface area contributed by atoms with E-state index >= 15 is 0 Å². The number of benzene rings is 12. The third-order valence-corrected chi connectivity index (χ3v) is 26.7. The van der Waals surface area contributed by atoms with Gasteiger partial charge in [-0.2, -0.15) is 98.1 Å². The second kappa shape index (κ2) is 55.8. The van der Waals surface area contributed by atoms with E-state index in [4.69, 9.17) is 46.4 Å². The summed E-state index contributed by atoms with van der Waals surface area (Å²) in [4.78, 5) is 7.75. The molecule has 0 fully saturated rings. The van der Waals surface area contributed by atoms with Crippen molar-refractivity contribution in [2.24, 2.45) is 0 Å². The fraction of sp³-hybridized carbons (Fsp3) is 0.0833. The van der Waals surface area contributed by atoms with Gasteiger partial charge in [-0.3, -0.25) is 9.97 Å². The van der Waals surface area contributed by atoms with Gasteiger partial charge in [-0.05, 0) is 140 Å². The van der Waals surface area contributed by atoms with Gasteiger partial charge in [0.1, 0.15) is 5.69 Å². The summed E-state index contributed by atoms with van der Waals surface area (Å²) in [6.45, 7) is 0. The molecular formula is C96H84Cl4F6Ir2N6OP4. The molecule has 0 unspecified atom stereocenters. The maximum atomic E-state index is 12.2. The summed E-state index contributed by atoms with van der Waals surface area (Å²) in [5.41, 5.74) is 4.40.